The summed E-state index contributed by atoms with van der Waals surface area (Å²) in [6, 6.07) is 0.881. The van der Waals surface area contributed by atoms with Crippen molar-refractivity contribution in [3.63, 3.8) is 0 Å². The molecule has 0 spiro atoms. The second-order valence-corrected chi connectivity index (χ2v) is 7.39. The van der Waals surface area contributed by atoms with Gasteiger partial charge in [-0.25, -0.2) is 0 Å². The van der Waals surface area contributed by atoms with Gasteiger partial charge in [-0.3, -0.25) is 0 Å². The third-order valence-corrected chi connectivity index (χ3v) is 6.39. The number of hydrogen-bond acceptors (Lipinski definition) is 5. The van der Waals surface area contributed by atoms with Gasteiger partial charge in [-0.1, -0.05) is 0 Å². The lowest BCUT2D eigenvalue weighted by atomic mass is 10.0. The van der Waals surface area contributed by atoms with Crippen molar-refractivity contribution in [2.45, 2.75) is 58.3 Å². The third-order valence-electron chi connectivity index (χ3n) is 3.28. The number of nitrogens with two attached hydrogens (primary N) is 1. The summed E-state index contributed by atoms with van der Waals surface area (Å²) in [5.41, 5.74) is 5.62. The Kier molecular flexibility index (Phi) is 7.49. The molecule has 1 heterocycles. The summed E-state index contributed by atoms with van der Waals surface area (Å²) in [7, 11) is -2.57. The van der Waals surface area contributed by atoms with Crippen LogP contribution in [0, 0.1) is 0 Å². The minimum Gasteiger partial charge on any atom is -0.374 e. The maximum Gasteiger partial charge on any atom is 0.503 e. The molecule has 1 atom stereocenters. The first-order valence-electron chi connectivity index (χ1n) is 7.48. The second kappa shape index (κ2) is 8.34. The zero-order valence-electron chi connectivity index (χ0n) is 12.6. The van der Waals surface area contributed by atoms with Crippen LogP contribution in [-0.4, -0.2) is 41.0 Å². The molecule has 6 heteroatoms. The van der Waals surface area contributed by atoms with Gasteiger partial charge < -0.3 is 23.7 Å². The quantitative estimate of drug-likeness (QED) is 0.660. The van der Waals surface area contributed by atoms with Crippen LogP contribution < -0.4 is 5.73 Å². The van der Waals surface area contributed by atoms with E-state index in [4.69, 9.17) is 23.7 Å². The molecule has 1 aliphatic heterocycles. The van der Waals surface area contributed by atoms with E-state index >= 15 is 0 Å². The van der Waals surface area contributed by atoms with Crippen molar-refractivity contribution in [1.82, 2.24) is 0 Å². The van der Waals surface area contributed by atoms with Gasteiger partial charge in [0.1, 0.15) is 0 Å². The first-order valence-corrected chi connectivity index (χ1v) is 9.41. The molecule has 2 N–H and O–H groups in total. The van der Waals surface area contributed by atoms with Crippen molar-refractivity contribution in [2.75, 3.05) is 26.4 Å². The summed E-state index contributed by atoms with van der Waals surface area (Å²) in [6.45, 7) is 8.47. The molecule has 1 unspecified atom stereocenters. The highest BCUT2D eigenvalue weighted by molar-refractivity contribution is 6.61. The van der Waals surface area contributed by atoms with Gasteiger partial charge in [0.15, 0.2) is 5.79 Å². The highest BCUT2D eigenvalue weighted by atomic mass is 28.4. The minimum absolute atomic E-state index is 0.553. The lowest BCUT2D eigenvalue weighted by Gasteiger charge is -2.44. The van der Waals surface area contributed by atoms with Crippen LogP contribution >= 0.6 is 0 Å². The van der Waals surface area contributed by atoms with E-state index in [0.29, 0.717) is 26.4 Å². The number of ether oxygens (including phenoxy) is 1. The van der Waals surface area contributed by atoms with Gasteiger partial charge in [0.25, 0.3) is 0 Å². The highest BCUT2D eigenvalue weighted by Crippen LogP contribution is 2.38. The van der Waals surface area contributed by atoms with Crippen LogP contribution in [0.1, 0.15) is 46.5 Å². The van der Waals surface area contributed by atoms with E-state index in [0.717, 1.165) is 31.7 Å². The molecule has 0 amide bonds. The summed E-state index contributed by atoms with van der Waals surface area (Å²) in [6.07, 6.45) is 3.63. The van der Waals surface area contributed by atoms with Crippen molar-refractivity contribution < 1.29 is 18.0 Å². The van der Waals surface area contributed by atoms with E-state index in [1.54, 1.807) is 0 Å². The van der Waals surface area contributed by atoms with Crippen molar-refractivity contribution in [2.24, 2.45) is 5.73 Å². The summed E-state index contributed by atoms with van der Waals surface area (Å²) < 4.78 is 24.0. The van der Waals surface area contributed by atoms with Crippen LogP contribution in [0.2, 0.25) is 6.04 Å². The monoisotopic (exact) mass is 291 g/mol. The smallest absolute Gasteiger partial charge is 0.374 e. The Morgan fingerprint density at radius 3 is 2.37 bits per heavy atom. The molecule has 1 fully saturated rings. The SMILES string of the molecule is CCOC1(CCCN)CCC[Si](OCC)(OCC)O1. The molecule has 5 nitrogen and oxygen atoms in total. The first-order chi connectivity index (χ1) is 9.16. The fraction of sp³-hybridized carbons (Fsp3) is 1.00. The minimum atomic E-state index is -2.57. The van der Waals surface area contributed by atoms with E-state index in [-0.39, 0.29) is 0 Å². The van der Waals surface area contributed by atoms with Crippen LogP contribution in [-0.2, 0) is 18.0 Å². The van der Waals surface area contributed by atoms with Crippen molar-refractivity contribution in [1.29, 1.82) is 0 Å². The first kappa shape index (κ1) is 17.1. The van der Waals surface area contributed by atoms with Gasteiger partial charge >= 0.3 is 8.80 Å². The third kappa shape index (κ3) is 4.80. The molecular weight excluding hydrogens is 262 g/mol. The maximum atomic E-state index is 6.30. The molecule has 0 radical (unpaired) electrons. The van der Waals surface area contributed by atoms with E-state index in [2.05, 4.69) is 0 Å². The van der Waals surface area contributed by atoms with E-state index in [1.165, 1.54) is 0 Å². The van der Waals surface area contributed by atoms with Crippen LogP contribution in [0.4, 0.5) is 0 Å². The van der Waals surface area contributed by atoms with Crippen LogP contribution in [0.25, 0.3) is 0 Å². The molecule has 0 aliphatic carbocycles. The van der Waals surface area contributed by atoms with Gasteiger partial charge in [0.2, 0.25) is 0 Å². The lowest BCUT2D eigenvalue weighted by Crippen LogP contribution is -2.57. The van der Waals surface area contributed by atoms with Gasteiger partial charge in [0, 0.05) is 38.7 Å². The molecular formula is C13H29NO4Si. The van der Waals surface area contributed by atoms with Crippen molar-refractivity contribution in [3.8, 4) is 0 Å². The Bertz CT molecular complexity index is 239. The average Bonchev–Trinajstić information content (AvgIpc) is 2.38. The molecule has 1 aliphatic rings. The summed E-state index contributed by atoms with van der Waals surface area (Å²) >= 11 is 0. The zero-order valence-corrected chi connectivity index (χ0v) is 13.6. The number of hydrogen-bond donors (Lipinski definition) is 1. The molecule has 1 rings (SSSR count). The normalized spacial score (nSPS) is 26.5. The van der Waals surface area contributed by atoms with E-state index in [9.17, 15) is 0 Å². The summed E-state index contributed by atoms with van der Waals surface area (Å²) in [5, 5.41) is 0. The van der Waals surface area contributed by atoms with Gasteiger partial charge in [-0.2, -0.15) is 0 Å². The Morgan fingerprint density at radius 1 is 1.16 bits per heavy atom. The second-order valence-electron chi connectivity index (χ2n) is 4.74. The molecule has 114 valence electrons. The molecule has 1 saturated heterocycles. The molecule has 0 bridgehead atoms. The Balaban J connectivity index is 2.80. The fourth-order valence-electron chi connectivity index (χ4n) is 2.63. The van der Waals surface area contributed by atoms with Gasteiger partial charge in [-0.05, 0) is 40.2 Å². The largest absolute Gasteiger partial charge is 0.503 e. The van der Waals surface area contributed by atoms with Gasteiger partial charge in [0.05, 0.1) is 0 Å². The van der Waals surface area contributed by atoms with Gasteiger partial charge in [-0.15, -0.1) is 0 Å². The van der Waals surface area contributed by atoms with E-state index < -0.39 is 14.6 Å². The van der Waals surface area contributed by atoms with Crippen molar-refractivity contribution >= 4 is 8.80 Å². The van der Waals surface area contributed by atoms with Crippen LogP contribution in [0.15, 0.2) is 0 Å². The van der Waals surface area contributed by atoms with E-state index in [1.807, 2.05) is 20.8 Å². The molecule has 0 saturated carbocycles. The molecule has 0 aromatic heterocycles. The predicted octanol–water partition coefficient (Wildman–Crippen LogP) is 2.28. The molecule has 19 heavy (non-hydrogen) atoms. The average molecular weight is 291 g/mol. The fourth-order valence-corrected chi connectivity index (χ4v) is 5.54. The zero-order chi connectivity index (χ0) is 14.2. The standard InChI is InChI=1S/C13H29NO4Si/c1-4-15-13(9-7-11-14)10-8-12-19(18-13,16-5-2)17-6-3/h4-12,14H2,1-3H3. The molecule has 0 aromatic rings. The lowest BCUT2D eigenvalue weighted by molar-refractivity contribution is -0.226. The maximum absolute atomic E-state index is 6.30. The predicted molar refractivity (Wildman–Crippen MR) is 76.8 cm³/mol. The van der Waals surface area contributed by atoms with Crippen LogP contribution in [0.5, 0.6) is 0 Å². The Labute approximate surface area is 118 Å². The van der Waals surface area contributed by atoms with Crippen LogP contribution in [0.3, 0.4) is 0 Å². The Morgan fingerprint density at radius 2 is 1.84 bits per heavy atom. The van der Waals surface area contributed by atoms with Crippen molar-refractivity contribution in [3.05, 3.63) is 0 Å². The molecule has 0 aromatic carbocycles. The summed E-state index contributed by atoms with van der Waals surface area (Å²) in [5.74, 6) is -0.553. The highest BCUT2D eigenvalue weighted by Gasteiger charge is 2.52. The topological polar surface area (TPSA) is 62.9 Å². The Hall–Kier alpha value is 0.0169. The summed E-state index contributed by atoms with van der Waals surface area (Å²) in [4.78, 5) is 0. The number of rotatable bonds is 9.